The second-order valence-corrected chi connectivity index (χ2v) is 18.2. The molecule has 0 aliphatic carbocycles. The van der Waals surface area contributed by atoms with Crippen LogP contribution in [-0.4, -0.2) is 37.2 Å². The number of hydrogen-bond acceptors (Lipinski definition) is 6. The number of carbonyl (C=O) groups excluding carboxylic acids is 3. The monoisotopic (exact) mass is 943 g/mol. The van der Waals surface area contributed by atoms with Crippen LogP contribution < -0.4 is 0 Å². The molecule has 0 aromatic carbocycles. The third kappa shape index (κ3) is 53.0. The quantitative estimate of drug-likeness (QED) is 0.0199. The number of rotatable bonds is 49. The number of unbranched alkanes of at least 4 members (excludes halogenated alkanes) is 24. The van der Waals surface area contributed by atoms with Crippen molar-refractivity contribution in [3.8, 4) is 0 Å². The van der Waals surface area contributed by atoms with Gasteiger partial charge < -0.3 is 14.2 Å². The average molecular weight is 943 g/mol. The highest BCUT2D eigenvalue weighted by molar-refractivity contribution is 5.71. The van der Waals surface area contributed by atoms with Gasteiger partial charge in [-0.2, -0.15) is 0 Å². The second kappa shape index (κ2) is 55.7. The van der Waals surface area contributed by atoms with E-state index in [0.717, 1.165) is 128 Å². The second-order valence-electron chi connectivity index (χ2n) is 18.2. The van der Waals surface area contributed by atoms with E-state index in [0.29, 0.717) is 19.3 Å². The molecule has 6 heteroatoms. The van der Waals surface area contributed by atoms with Crippen LogP contribution in [0.2, 0.25) is 0 Å². The molecule has 0 aromatic rings. The van der Waals surface area contributed by atoms with Crippen molar-refractivity contribution in [1.82, 2.24) is 0 Å². The van der Waals surface area contributed by atoms with Gasteiger partial charge in [0, 0.05) is 19.3 Å². The van der Waals surface area contributed by atoms with Crippen molar-refractivity contribution in [3.05, 3.63) is 109 Å². The van der Waals surface area contributed by atoms with Gasteiger partial charge in [0.25, 0.3) is 0 Å². The third-order valence-electron chi connectivity index (χ3n) is 11.6. The molecule has 0 radical (unpaired) electrons. The Bertz CT molecular complexity index is 1410. The molecule has 0 spiro atoms. The molecule has 1 unspecified atom stereocenters. The summed E-state index contributed by atoms with van der Waals surface area (Å²) in [7, 11) is 0. The molecule has 0 aromatic heterocycles. The third-order valence-corrected chi connectivity index (χ3v) is 11.6. The summed E-state index contributed by atoms with van der Waals surface area (Å²) >= 11 is 0. The van der Waals surface area contributed by atoms with Crippen molar-refractivity contribution < 1.29 is 28.6 Å². The Balaban J connectivity index is 4.49. The van der Waals surface area contributed by atoms with Gasteiger partial charge in [-0.25, -0.2) is 0 Å². The molecule has 68 heavy (non-hydrogen) atoms. The van der Waals surface area contributed by atoms with Crippen LogP contribution in [0.15, 0.2) is 109 Å². The minimum atomic E-state index is -0.805. The maximum atomic E-state index is 12.9. The van der Waals surface area contributed by atoms with Crippen LogP contribution in [0.4, 0.5) is 0 Å². The average Bonchev–Trinajstić information content (AvgIpc) is 3.34. The molecule has 6 nitrogen and oxygen atoms in total. The first-order valence-electron chi connectivity index (χ1n) is 28.0. The van der Waals surface area contributed by atoms with Crippen molar-refractivity contribution in [2.24, 2.45) is 0 Å². The lowest BCUT2D eigenvalue weighted by molar-refractivity contribution is -0.167. The first kappa shape index (κ1) is 64.1. The highest BCUT2D eigenvalue weighted by Gasteiger charge is 2.19. The maximum absolute atomic E-state index is 12.9. The molecule has 0 bridgehead atoms. The molecule has 386 valence electrons. The summed E-state index contributed by atoms with van der Waals surface area (Å²) in [6, 6.07) is 0. The van der Waals surface area contributed by atoms with Crippen LogP contribution in [0, 0.1) is 0 Å². The zero-order valence-corrected chi connectivity index (χ0v) is 44.1. The van der Waals surface area contributed by atoms with Gasteiger partial charge in [0.1, 0.15) is 13.2 Å². The highest BCUT2D eigenvalue weighted by Crippen LogP contribution is 2.14. The first-order chi connectivity index (χ1) is 33.5. The van der Waals surface area contributed by atoms with Gasteiger partial charge in [-0.15, -0.1) is 0 Å². The molecule has 0 aliphatic rings. The lowest BCUT2D eigenvalue weighted by Crippen LogP contribution is -2.30. The molecule has 0 rings (SSSR count). The minimum Gasteiger partial charge on any atom is -0.462 e. The Labute approximate surface area is 419 Å². The van der Waals surface area contributed by atoms with Crippen LogP contribution in [-0.2, 0) is 28.6 Å². The van der Waals surface area contributed by atoms with Gasteiger partial charge in [0.2, 0.25) is 0 Å². The molecule has 0 N–H and O–H groups in total. The summed E-state index contributed by atoms with van der Waals surface area (Å²) in [5.74, 6) is -0.957. The van der Waals surface area contributed by atoms with E-state index in [-0.39, 0.29) is 31.1 Å². The topological polar surface area (TPSA) is 78.9 Å². The van der Waals surface area contributed by atoms with Crippen LogP contribution in [0.5, 0.6) is 0 Å². The Kier molecular flexibility index (Phi) is 52.4. The van der Waals surface area contributed by atoms with E-state index in [2.05, 4.69) is 106 Å². The zero-order chi connectivity index (χ0) is 49.3. The van der Waals surface area contributed by atoms with Crippen molar-refractivity contribution >= 4 is 17.9 Å². The summed E-state index contributed by atoms with van der Waals surface area (Å²) in [6.07, 6.45) is 75.0. The number of carbonyl (C=O) groups is 3. The van der Waals surface area contributed by atoms with Crippen molar-refractivity contribution in [2.75, 3.05) is 13.2 Å². The Morgan fingerprint density at radius 3 is 1.10 bits per heavy atom. The number of ether oxygens (including phenoxy) is 3. The standard InChI is InChI=1S/C62H102O6/c1-4-7-10-13-16-19-22-25-28-30-32-34-37-40-43-46-49-52-55-61(64)67-58-59(57-66-60(63)54-51-48-45-42-39-36-27-24-21-18-15-12-9-6-3)68-62(65)56-53-50-47-44-41-38-35-33-31-29-26-23-20-17-14-11-8-5-2/h9-10,12-13,16,18-19,21-22,25,27-28,30,32-36,59H,4-8,11,14-15,17,20,23-24,26,29,31,37-58H2,1-3H3/b12-9-,13-10-,19-16-,21-18-,25-22-,30-28-,34-32-,35-33-,36-27-. The van der Waals surface area contributed by atoms with Crippen molar-refractivity contribution in [2.45, 2.75) is 252 Å². The van der Waals surface area contributed by atoms with Gasteiger partial charge in [0.05, 0.1) is 0 Å². The summed E-state index contributed by atoms with van der Waals surface area (Å²) in [5.41, 5.74) is 0. The molecular formula is C62H102O6. The fourth-order valence-corrected chi connectivity index (χ4v) is 7.42. The van der Waals surface area contributed by atoms with E-state index in [9.17, 15) is 14.4 Å². The SMILES string of the molecule is CC/C=C\C/C=C\C/C=C\CCCCCCC(=O)OCC(COC(=O)CCCCCCC\C=C/C=C\C=C/C=C\C=C/CCC)OC(=O)CCCCCCC/C=C\CCCCCCCCCCC. The summed E-state index contributed by atoms with van der Waals surface area (Å²) in [5, 5.41) is 0. The van der Waals surface area contributed by atoms with E-state index in [1.807, 2.05) is 24.3 Å². The van der Waals surface area contributed by atoms with Gasteiger partial charge in [0.15, 0.2) is 6.10 Å². The number of hydrogen-bond donors (Lipinski definition) is 0. The molecule has 0 fully saturated rings. The van der Waals surface area contributed by atoms with Gasteiger partial charge in [-0.1, -0.05) is 239 Å². The number of esters is 3. The van der Waals surface area contributed by atoms with E-state index in [1.165, 1.54) is 77.0 Å². The normalized spacial score (nSPS) is 12.9. The predicted molar refractivity (Wildman–Crippen MR) is 293 cm³/mol. The lowest BCUT2D eigenvalue weighted by atomic mass is 10.1. The molecule has 1 atom stereocenters. The molecule has 0 aliphatic heterocycles. The van der Waals surface area contributed by atoms with Gasteiger partial charge >= 0.3 is 17.9 Å². The number of allylic oxidation sites excluding steroid dienone is 18. The van der Waals surface area contributed by atoms with E-state index in [4.69, 9.17) is 14.2 Å². The molecule has 0 heterocycles. The first-order valence-corrected chi connectivity index (χ1v) is 28.0. The largest absolute Gasteiger partial charge is 0.462 e. The fraction of sp³-hybridized carbons (Fsp3) is 0.661. The van der Waals surface area contributed by atoms with Crippen molar-refractivity contribution in [1.29, 1.82) is 0 Å². The Morgan fingerprint density at radius 2 is 0.662 bits per heavy atom. The van der Waals surface area contributed by atoms with Crippen molar-refractivity contribution in [3.63, 3.8) is 0 Å². The van der Waals surface area contributed by atoms with E-state index >= 15 is 0 Å². The summed E-state index contributed by atoms with van der Waals surface area (Å²) < 4.78 is 16.8. The molecule has 0 amide bonds. The van der Waals surface area contributed by atoms with Crippen LogP contribution in [0.25, 0.3) is 0 Å². The van der Waals surface area contributed by atoms with E-state index < -0.39 is 6.10 Å². The minimum absolute atomic E-state index is 0.103. The Morgan fingerprint density at radius 1 is 0.324 bits per heavy atom. The van der Waals surface area contributed by atoms with Crippen LogP contribution in [0.1, 0.15) is 245 Å². The predicted octanol–water partition coefficient (Wildman–Crippen LogP) is 18.7. The molecule has 0 saturated carbocycles. The summed E-state index contributed by atoms with van der Waals surface area (Å²) in [6.45, 7) is 6.39. The van der Waals surface area contributed by atoms with E-state index in [1.54, 1.807) is 0 Å². The van der Waals surface area contributed by atoms with Gasteiger partial charge in [-0.05, 0) is 96.3 Å². The summed E-state index contributed by atoms with van der Waals surface area (Å²) in [4.78, 5) is 38.1. The smallest absolute Gasteiger partial charge is 0.306 e. The highest BCUT2D eigenvalue weighted by atomic mass is 16.6. The van der Waals surface area contributed by atoms with Crippen LogP contribution in [0.3, 0.4) is 0 Å². The molecule has 0 saturated heterocycles. The maximum Gasteiger partial charge on any atom is 0.306 e. The fourth-order valence-electron chi connectivity index (χ4n) is 7.42. The van der Waals surface area contributed by atoms with Crippen LogP contribution >= 0.6 is 0 Å². The lowest BCUT2D eigenvalue weighted by Gasteiger charge is -2.18. The molecular weight excluding hydrogens is 841 g/mol. The zero-order valence-electron chi connectivity index (χ0n) is 44.1. The Hall–Kier alpha value is -3.93. The van der Waals surface area contributed by atoms with Gasteiger partial charge in [-0.3, -0.25) is 14.4 Å².